The molecule has 130 valence electrons. The van der Waals surface area contributed by atoms with Crippen molar-refractivity contribution in [3.8, 4) is 0 Å². The topological polar surface area (TPSA) is 50.2 Å². The van der Waals surface area contributed by atoms with Gasteiger partial charge in [0, 0.05) is 17.5 Å². The Morgan fingerprint density at radius 3 is 2.76 bits per heavy atom. The molecule has 1 N–H and O–H groups in total. The Morgan fingerprint density at radius 2 is 2.04 bits per heavy atom. The highest BCUT2D eigenvalue weighted by Gasteiger charge is 2.12. The normalized spacial score (nSPS) is 11.0. The predicted molar refractivity (Wildman–Crippen MR) is 102 cm³/mol. The van der Waals surface area contributed by atoms with E-state index in [4.69, 9.17) is 0 Å². The molecule has 0 aliphatic rings. The average molecular weight is 354 g/mol. The second kappa shape index (κ2) is 8.60. The summed E-state index contributed by atoms with van der Waals surface area (Å²) < 4.78 is 1.82. The van der Waals surface area contributed by atoms with Crippen LogP contribution in [0.25, 0.3) is 0 Å². The van der Waals surface area contributed by atoms with Crippen molar-refractivity contribution in [1.82, 2.24) is 14.7 Å². The van der Waals surface area contributed by atoms with Gasteiger partial charge in [0.15, 0.2) is 0 Å². The van der Waals surface area contributed by atoms with Gasteiger partial charge in [-0.1, -0.05) is 43.3 Å². The van der Waals surface area contributed by atoms with E-state index in [0.717, 1.165) is 18.9 Å². The minimum atomic E-state index is -0.0225. The first-order valence-corrected chi connectivity index (χ1v) is 9.23. The van der Waals surface area contributed by atoms with Gasteiger partial charge in [0.05, 0.1) is 19.3 Å². The Hall–Kier alpha value is -2.44. The lowest BCUT2D eigenvalue weighted by molar-refractivity contribution is -0.117. The third-order valence-corrected chi connectivity index (χ3v) is 4.79. The molecule has 0 saturated carbocycles. The molecule has 3 aromatic rings. The van der Waals surface area contributed by atoms with Gasteiger partial charge in [0.1, 0.15) is 5.82 Å². The van der Waals surface area contributed by atoms with Crippen LogP contribution < -0.4 is 5.32 Å². The number of carbonyl (C=O) groups is 1. The summed E-state index contributed by atoms with van der Waals surface area (Å²) in [5.74, 6) is 0.708. The van der Waals surface area contributed by atoms with Crippen molar-refractivity contribution in [3.63, 3.8) is 0 Å². The third-order valence-electron chi connectivity index (χ3n) is 3.93. The van der Waals surface area contributed by atoms with Gasteiger partial charge in [-0.05, 0) is 23.6 Å². The molecule has 25 heavy (non-hydrogen) atoms. The van der Waals surface area contributed by atoms with Crippen LogP contribution in [-0.2, 0) is 17.9 Å². The van der Waals surface area contributed by atoms with Crippen molar-refractivity contribution >= 4 is 23.1 Å². The Morgan fingerprint density at radius 1 is 1.20 bits per heavy atom. The minimum Gasteiger partial charge on any atom is -0.310 e. The van der Waals surface area contributed by atoms with Crippen molar-refractivity contribution in [2.45, 2.75) is 20.0 Å². The number of anilines is 1. The summed E-state index contributed by atoms with van der Waals surface area (Å²) in [5.41, 5.74) is 1.21. The summed E-state index contributed by atoms with van der Waals surface area (Å²) in [5, 5.41) is 9.33. The van der Waals surface area contributed by atoms with Gasteiger partial charge in [-0.2, -0.15) is 5.10 Å². The van der Waals surface area contributed by atoms with E-state index in [1.54, 1.807) is 17.5 Å². The molecule has 0 bridgehead atoms. The number of rotatable bonds is 8. The highest BCUT2D eigenvalue weighted by atomic mass is 32.1. The fraction of sp³-hybridized carbons (Fsp3) is 0.263. The molecule has 0 aliphatic carbocycles. The first-order chi connectivity index (χ1) is 12.2. The zero-order chi connectivity index (χ0) is 17.5. The number of likely N-dealkylation sites (N-methyl/N-ethyl adjacent to an activating group) is 1. The summed E-state index contributed by atoms with van der Waals surface area (Å²) in [6.07, 6.45) is 1.71. The standard InChI is InChI=1S/C19H22N4OS/c1-2-22(13-16-7-4-3-5-8-16)15-19(24)21-18-10-11-20-23(18)14-17-9-6-12-25-17/h3-12H,2,13-15H2,1H3,(H,21,24). The minimum absolute atomic E-state index is 0.0225. The Bertz CT molecular complexity index is 783. The molecule has 0 saturated heterocycles. The fourth-order valence-electron chi connectivity index (χ4n) is 2.62. The fourth-order valence-corrected chi connectivity index (χ4v) is 3.31. The number of thiophene rings is 1. The van der Waals surface area contributed by atoms with Crippen LogP contribution in [0.1, 0.15) is 17.4 Å². The van der Waals surface area contributed by atoms with E-state index in [0.29, 0.717) is 13.1 Å². The highest BCUT2D eigenvalue weighted by molar-refractivity contribution is 7.09. The Balaban J connectivity index is 1.57. The van der Waals surface area contributed by atoms with E-state index >= 15 is 0 Å². The van der Waals surface area contributed by atoms with E-state index in [1.807, 2.05) is 40.4 Å². The molecule has 0 fully saturated rings. The molecule has 2 heterocycles. The van der Waals surface area contributed by atoms with Crippen molar-refractivity contribution in [2.75, 3.05) is 18.4 Å². The van der Waals surface area contributed by atoms with Crippen LogP contribution in [-0.4, -0.2) is 33.7 Å². The zero-order valence-electron chi connectivity index (χ0n) is 14.3. The number of hydrogen-bond acceptors (Lipinski definition) is 4. The second-order valence-corrected chi connectivity index (χ2v) is 6.82. The van der Waals surface area contributed by atoms with E-state index in [2.05, 4.69) is 40.4 Å². The molecule has 1 amide bonds. The van der Waals surface area contributed by atoms with Crippen LogP contribution >= 0.6 is 11.3 Å². The highest BCUT2D eigenvalue weighted by Crippen LogP contribution is 2.14. The van der Waals surface area contributed by atoms with Crippen LogP contribution in [0.5, 0.6) is 0 Å². The molecular weight excluding hydrogens is 332 g/mol. The predicted octanol–water partition coefficient (Wildman–Crippen LogP) is 3.45. The zero-order valence-corrected chi connectivity index (χ0v) is 15.1. The lowest BCUT2D eigenvalue weighted by Crippen LogP contribution is -2.33. The molecular formula is C19H22N4OS. The molecule has 0 unspecified atom stereocenters. The number of amides is 1. The molecule has 3 rings (SSSR count). The SMILES string of the molecule is CCN(CC(=O)Nc1ccnn1Cc1cccs1)Cc1ccccc1. The molecule has 0 radical (unpaired) electrons. The monoisotopic (exact) mass is 354 g/mol. The van der Waals surface area contributed by atoms with Crippen LogP contribution in [0.2, 0.25) is 0 Å². The van der Waals surface area contributed by atoms with Gasteiger partial charge in [0.2, 0.25) is 5.91 Å². The van der Waals surface area contributed by atoms with Crippen LogP contribution in [0.15, 0.2) is 60.1 Å². The van der Waals surface area contributed by atoms with Crippen LogP contribution in [0.3, 0.4) is 0 Å². The van der Waals surface area contributed by atoms with E-state index in [-0.39, 0.29) is 5.91 Å². The Labute approximate surface area is 151 Å². The number of carbonyl (C=O) groups excluding carboxylic acids is 1. The molecule has 2 aromatic heterocycles. The molecule has 0 atom stereocenters. The summed E-state index contributed by atoms with van der Waals surface area (Å²) in [6.45, 7) is 4.67. The number of benzene rings is 1. The molecule has 0 aliphatic heterocycles. The number of nitrogens with zero attached hydrogens (tertiary/aromatic N) is 3. The van der Waals surface area contributed by atoms with Gasteiger partial charge in [0.25, 0.3) is 0 Å². The largest absolute Gasteiger partial charge is 0.310 e. The Kier molecular flexibility index (Phi) is 5.98. The number of nitrogens with one attached hydrogen (secondary N) is 1. The first-order valence-electron chi connectivity index (χ1n) is 8.35. The lowest BCUT2D eigenvalue weighted by Gasteiger charge is -2.20. The smallest absolute Gasteiger partial charge is 0.239 e. The van der Waals surface area contributed by atoms with Gasteiger partial charge < -0.3 is 5.32 Å². The van der Waals surface area contributed by atoms with Crippen molar-refractivity contribution in [3.05, 3.63) is 70.5 Å². The molecule has 0 spiro atoms. The maximum Gasteiger partial charge on any atom is 0.239 e. The first kappa shape index (κ1) is 17.4. The van der Waals surface area contributed by atoms with E-state index in [9.17, 15) is 4.79 Å². The van der Waals surface area contributed by atoms with Gasteiger partial charge >= 0.3 is 0 Å². The van der Waals surface area contributed by atoms with Gasteiger partial charge in [-0.3, -0.25) is 9.69 Å². The molecule has 1 aromatic carbocycles. The van der Waals surface area contributed by atoms with Crippen LogP contribution in [0, 0.1) is 0 Å². The summed E-state index contributed by atoms with van der Waals surface area (Å²) in [4.78, 5) is 15.8. The van der Waals surface area contributed by atoms with Gasteiger partial charge in [-0.25, -0.2) is 4.68 Å². The molecule has 5 nitrogen and oxygen atoms in total. The molecule has 6 heteroatoms. The number of hydrogen-bond donors (Lipinski definition) is 1. The van der Waals surface area contributed by atoms with Crippen molar-refractivity contribution in [1.29, 1.82) is 0 Å². The summed E-state index contributed by atoms with van der Waals surface area (Å²) >= 11 is 1.68. The van der Waals surface area contributed by atoms with Crippen molar-refractivity contribution in [2.24, 2.45) is 0 Å². The summed E-state index contributed by atoms with van der Waals surface area (Å²) in [6, 6.07) is 16.1. The summed E-state index contributed by atoms with van der Waals surface area (Å²) in [7, 11) is 0. The van der Waals surface area contributed by atoms with Crippen molar-refractivity contribution < 1.29 is 4.79 Å². The van der Waals surface area contributed by atoms with E-state index < -0.39 is 0 Å². The number of aromatic nitrogens is 2. The van der Waals surface area contributed by atoms with Gasteiger partial charge in [-0.15, -0.1) is 11.3 Å². The van der Waals surface area contributed by atoms with E-state index in [1.165, 1.54) is 10.4 Å². The average Bonchev–Trinajstić information content (AvgIpc) is 3.28. The second-order valence-electron chi connectivity index (χ2n) is 5.79. The van der Waals surface area contributed by atoms with Crippen LogP contribution in [0.4, 0.5) is 5.82 Å². The maximum atomic E-state index is 12.4. The maximum absolute atomic E-state index is 12.4. The third kappa shape index (κ3) is 5.01. The lowest BCUT2D eigenvalue weighted by atomic mass is 10.2. The quantitative estimate of drug-likeness (QED) is 0.674.